The number of carbonyl (C=O) groups is 1. The molecule has 3 heterocycles. The molecule has 0 aliphatic carbocycles. The van der Waals surface area contributed by atoms with Gasteiger partial charge in [-0.05, 0) is 51.6 Å². The molecule has 1 aliphatic heterocycles. The molecular weight excluding hydrogens is 574 g/mol. The highest BCUT2D eigenvalue weighted by Gasteiger charge is 2.58. The highest BCUT2D eigenvalue weighted by atomic mass is 32.5. The number of aliphatic hydroxyl groups is 1. The van der Waals surface area contributed by atoms with E-state index in [-0.39, 0.29) is 11.8 Å². The number of carbonyl (C=O) groups excluding carboxylic acids is 1. The number of alkyl halides is 1. The fourth-order valence-corrected chi connectivity index (χ4v) is 6.61. The van der Waals surface area contributed by atoms with Crippen LogP contribution in [0.1, 0.15) is 32.8 Å². The van der Waals surface area contributed by atoms with Crippen LogP contribution in [0.4, 0.5) is 10.2 Å². The number of fused-ring (bicyclic) bond motifs is 1. The van der Waals surface area contributed by atoms with Crippen molar-refractivity contribution >= 4 is 41.4 Å². The van der Waals surface area contributed by atoms with Crippen molar-refractivity contribution in [3.8, 4) is 18.1 Å². The number of aliphatic hydroxyl groups excluding tert-OH is 1. The monoisotopic (exact) mass is 606 g/mol. The standard InChI is InChI=1S/C26H32FN6O6PS/c1-7-26(27)21(34)19(38-25(26)33-14-29-20-22(28-6)30-17(5)31-23(20)33)13-36-40(41,39-18-11-9-8-10-12-18)32-16(4)24(35)37-15(2)3/h1,8-12,14-16,19,21,25,34H,13H2,2-6H3,(H,32,41)(H,28,30,31)/t16-,19+,21+,25+,26+,40?/m0/s1. The van der Waals surface area contributed by atoms with E-state index in [1.807, 2.05) is 5.92 Å². The molecule has 6 atom stereocenters. The van der Waals surface area contributed by atoms with Crippen LogP contribution >= 0.6 is 6.64 Å². The Hall–Kier alpha value is -3.18. The van der Waals surface area contributed by atoms with E-state index in [9.17, 15) is 9.90 Å². The van der Waals surface area contributed by atoms with Gasteiger partial charge in [-0.3, -0.25) is 9.36 Å². The van der Waals surface area contributed by atoms with Crippen LogP contribution in [0.25, 0.3) is 11.2 Å². The Morgan fingerprint density at radius 2 is 2.05 bits per heavy atom. The van der Waals surface area contributed by atoms with Gasteiger partial charge in [0, 0.05) is 7.05 Å². The summed E-state index contributed by atoms with van der Waals surface area (Å²) in [6.45, 7) is 2.76. The maximum absolute atomic E-state index is 16.2. The van der Waals surface area contributed by atoms with E-state index in [2.05, 4.69) is 25.4 Å². The van der Waals surface area contributed by atoms with E-state index in [1.54, 1.807) is 65.1 Å². The van der Waals surface area contributed by atoms with Gasteiger partial charge in [-0.25, -0.2) is 24.4 Å². The topological polar surface area (TPSA) is 142 Å². The predicted octanol–water partition coefficient (Wildman–Crippen LogP) is 3.03. The van der Waals surface area contributed by atoms with Gasteiger partial charge in [-0.15, -0.1) is 6.42 Å². The SMILES string of the molecule is C#C[C@@]1(F)[C@H](O)[C@@H](COP(=S)(N[C@@H](C)C(=O)OC(C)C)Oc2ccccc2)O[C@H]1n1cnc2c(NC)nc(C)nc21. The summed E-state index contributed by atoms with van der Waals surface area (Å²) in [7, 11) is 1.67. The lowest BCUT2D eigenvalue weighted by Crippen LogP contribution is -2.42. The Morgan fingerprint density at radius 1 is 1.34 bits per heavy atom. The summed E-state index contributed by atoms with van der Waals surface area (Å²) in [6.07, 6.45) is 1.97. The zero-order valence-electron chi connectivity index (χ0n) is 23.1. The first-order chi connectivity index (χ1) is 19.4. The normalized spacial score (nSPS) is 24.5. The molecule has 0 amide bonds. The van der Waals surface area contributed by atoms with Gasteiger partial charge in [-0.1, -0.05) is 24.1 Å². The van der Waals surface area contributed by atoms with Crippen molar-refractivity contribution in [2.24, 2.45) is 0 Å². The lowest BCUT2D eigenvalue weighted by Gasteiger charge is -2.28. The van der Waals surface area contributed by atoms with E-state index in [0.717, 1.165) is 0 Å². The van der Waals surface area contributed by atoms with Crippen LogP contribution < -0.4 is 14.9 Å². The Balaban J connectivity index is 1.60. The zero-order chi connectivity index (χ0) is 29.9. The highest BCUT2D eigenvalue weighted by Crippen LogP contribution is 2.48. The van der Waals surface area contributed by atoms with E-state index in [4.69, 9.17) is 36.8 Å². The van der Waals surface area contributed by atoms with Crippen molar-refractivity contribution in [1.82, 2.24) is 24.6 Å². The van der Waals surface area contributed by atoms with Gasteiger partial charge >= 0.3 is 12.6 Å². The molecule has 1 aromatic carbocycles. The number of para-hydroxylation sites is 1. The second-order valence-electron chi connectivity index (χ2n) is 9.61. The number of nitrogens with zero attached hydrogens (tertiary/aromatic N) is 4. The van der Waals surface area contributed by atoms with Crippen molar-refractivity contribution < 1.29 is 32.8 Å². The Kier molecular flexibility index (Phi) is 9.28. The molecule has 3 aromatic rings. The number of rotatable bonds is 11. The number of halogens is 1. The third-order valence-corrected chi connectivity index (χ3v) is 8.62. The number of esters is 1. The summed E-state index contributed by atoms with van der Waals surface area (Å²) in [5.41, 5.74) is -2.05. The van der Waals surface area contributed by atoms with Crippen molar-refractivity contribution in [3.05, 3.63) is 42.5 Å². The fourth-order valence-electron chi connectivity index (χ4n) is 4.19. The number of aromatic nitrogens is 4. The summed E-state index contributed by atoms with van der Waals surface area (Å²) in [4.78, 5) is 25.4. The average Bonchev–Trinajstić information content (AvgIpc) is 3.45. The average molecular weight is 607 g/mol. The van der Waals surface area contributed by atoms with Gasteiger partial charge in [0.15, 0.2) is 23.2 Å². The molecule has 1 aliphatic rings. The van der Waals surface area contributed by atoms with E-state index >= 15 is 4.39 Å². The molecule has 0 bridgehead atoms. The number of benzene rings is 1. The number of hydrogen-bond donors (Lipinski definition) is 3. The minimum atomic E-state index is -3.49. The minimum Gasteiger partial charge on any atom is -0.462 e. The number of aryl methyl sites for hydroxylation is 1. The van der Waals surface area contributed by atoms with Gasteiger partial charge in [0.25, 0.3) is 0 Å². The lowest BCUT2D eigenvalue weighted by atomic mass is 9.97. The first kappa shape index (κ1) is 30.8. The molecule has 0 radical (unpaired) electrons. The summed E-state index contributed by atoms with van der Waals surface area (Å²) >= 11 is 5.70. The lowest BCUT2D eigenvalue weighted by molar-refractivity contribution is -0.149. The molecule has 1 fully saturated rings. The van der Waals surface area contributed by atoms with Crippen LogP contribution in [0.5, 0.6) is 5.75 Å². The van der Waals surface area contributed by atoms with Crippen LogP contribution in [0.3, 0.4) is 0 Å². The van der Waals surface area contributed by atoms with Crippen LogP contribution in [0, 0.1) is 19.3 Å². The molecule has 220 valence electrons. The van der Waals surface area contributed by atoms with Crippen molar-refractivity contribution in [2.75, 3.05) is 19.0 Å². The van der Waals surface area contributed by atoms with Crippen molar-refractivity contribution in [1.29, 1.82) is 0 Å². The number of ether oxygens (including phenoxy) is 2. The first-order valence-corrected chi connectivity index (χ1v) is 15.4. The summed E-state index contributed by atoms with van der Waals surface area (Å²) in [5, 5.41) is 16.8. The fraction of sp³-hybridized carbons (Fsp3) is 0.462. The second kappa shape index (κ2) is 12.4. The number of hydrogen-bond acceptors (Lipinski definition) is 11. The van der Waals surface area contributed by atoms with Gasteiger partial charge in [0.2, 0.25) is 5.67 Å². The predicted molar refractivity (Wildman–Crippen MR) is 153 cm³/mol. The number of anilines is 1. The molecule has 4 rings (SSSR count). The van der Waals surface area contributed by atoms with Gasteiger partial charge in [-0.2, -0.15) is 0 Å². The second-order valence-corrected chi connectivity index (χ2v) is 12.7. The molecule has 1 saturated heterocycles. The van der Waals surface area contributed by atoms with Crippen LogP contribution in [0.2, 0.25) is 0 Å². The maximum atomic E-state index is 16.2. The van der Waals surface area contributed by atoms with E-state index < -0.39 is 49.4 Å². The van der Waals surface area contributed by atoms with E-state index in [0.29, 0.717) is 22.9 Å². The summed E-state index contributed by atoms with van der Waals surface area (Å²) < 4.78 is 40.7. The van der Waals surface area contributed by atoms with Gasteiger partial charge < -0.3 is 28.9 Å². The molecular formula is C26H32FN6O6PS. The van der Waals surface area contributed by atoms with Gasteiger partial charge in [0.1, 0.15) is 29.8 Å². The Bertz CT molecular complexity index is 1490. The van der Waals surface area contributed by atoms with Crippen LogP contribution in [0.15, 0.2) is 36.7 Å². The summed E-state index contributed by atoms with van der Waals surface area (Å²) in [5.74, 6) is 2.69. The van der Waals surface area contributed by atoms with E-state index in [1.165, 1.54) is 10.9 Å². The molecule has 41 heavy (non-hydrogen) atoms. The largest absolute Gasteiger partial charge is 0.462 e. The van der Waals surface area contributed by atoms with Crippen molar-refractivity contribution in [2.45, 2.75) is 63.9 Å². The Morgan fingerprint density at radius 3 is 2.68 bits per heavy atom. The molecule has 3 N–H and O–H groups in total. The third kappa shape index (κ3) is 6.51. The Labute approximate surface area is 242 Å². The third-order valence-electron chi connectivity index (χ3n) is 6.12. The molecule has 15 heteroatoms. The first-order valence-electron chi connectivity index (χ1n) is 12.8. The van der Waals surface area contributed by atoms with Gasteiger partial charge in [0.05, 0.1) is 19.0 Å². The quantitative estimate of drug-likeness (QED) is 0.168. The van der Waals surface area contributed by atoms with Crippen LogP contribution in [-0.4, -0.2) is 74.3 Å². The molecule has 2 aromatic heterocycles. The smallest absolute Gasteiger partial charge is 0.323 e. The number of imidazole rings is 1. The van der Waals surface area contributed by atoms with Crippen molar-refractivity contribution in [3.63, 3.8) is 0 Å². The highest BCUT2D eigenvalue weighted by molar-refractivity contribution is 8.09. The zero-order valence-corrected chi connectivity index (χ0v) is 24.9. The minimum absolute atomic E-state index is 0.259. The van der Waals surface area contributed by atoms with Crippen LogP contribution in [-0.2, 0) is 30.6 Å². The molecule has 0 saturated carbocycles. The molecule has 12 nitrogen and oxygen atoms in total. The number of terminal acetylenes is 1. The molecule has 1 unspecified atom stereocenters. The summed E-state index contributed by atoms with van der Waals surface area (Å²) in [6, 6.07) is 7.70. The molecule has 0 spiro atoms. The number of nitrogens with one attached hydrogen (secondary N) is 2. The maximum Gasteiger partial charge on any atom is 0.323 e.